The van der Waals surface area contributed by atoms with Crippen molar-refractivity contribution < 1.29 is 4.42 Å². The predicted molar refractivity (Wildman–Crippen MR) is 89.6 cm³/mol. The van der Waals surface area contributed by atoms with Crippen LogP contribution in [0, 0.1) is 0 Å². The smallest absolute Gasteiger partial charge is 0.135 e. The van der Waals surface area contributed by atoms with E-state index in [9.17, 15) is 0 Å². The highest BCUT2D eigenvalue weighted by Gasteiger charge is 2.28. The number of hydrogen-bond acceptors (Lipinski definition) is 4. The Labute approximate surface area is 139 Å². The molecular formula is C17H19ClN4O. The summed E-state index contributed by atoms with van der Waals surface area (Å²) < 4.78 is 8.04. The van der Waals surface area contributed by atoms with Crippen molar-refractivity contribution in [1.82, 2.24) is 20.1 Å². The highest BCUT2D eigenvalue weighted by atomic mass is 35.5. The van der Waals surface area contributed by atoms with Crippen molar-refractivity contribution in [2.75, 3.05) is 6.54 Å². The van der Waals surface area contributed by atoms with Crippen molar-refractivity contribution in [2.24, 2.45) is 0 Å². The Kier molecular flexibility index (Phi) is 3.83. The van der Waals surface area contributed by atoms with Crippen molar-refractivity contribution in [2.45, 2.75) is 38.3 Å². The lowest BCUT2D eigenvalue weighted by Crippen LogP contribution is -2.23. The molecule has 2 heterocycles. The van der Waals surface area contributed by atoms with E-state index in [-0.39, 0.29) is 6.04 Å². The number of nitrogens with zero attached hydrogens (tertiary/aromatic N) is 3. The average molecular weight is 331 g/mol. The minimum atomic E-state index is 0.141. The summed E-state index contributed by atoms with van der Waals surface area (Å²) in [5.74, 6) is 2.67. The van der Waals surface area contributed by atoms with E-state index < -0.39 is 0 Å². The van der Waals surface area contributed by atoms with Gasteiger partial charge in [0.05, 0.1) is 6.04 Å². The molecule has 23 heavy (non-hydrogen) atoms. The van der Waals surface area contributed by atoms with Crippen LogP contribution < -0.4 is 5.32 Å². The van der Waals surface area contributed by atoms with Crippen LogP contribution in [0.25, 0.3) is 11.0 Å². The molecule has 3 aromatic rings. The van der Waals surface area contributed by atoms with Gasteiger partial charge >= 0.3 is 0 Å². The first-order chi connectivity index (χ1) is 11.2. The molecule has 0 saturated heterocycles. The van der Waals surface area contributed by atoms with Crippen molar-refractivity contribution in [3.05, 3.63) is 47.2 Å². The molecule has 5 nitrogen and oxygen atoms in total. The van der Waals surface area contributed by atoms with Gasteiger partial charge in [0.15, 0.2) is 0 Å². The summed E-state index contributed by atoms with van der Waals surface area (Å²) in [4.78, 5) is 0. The minimum absolute atomic E-state index is 0.141. The van der Waals surface area contributed by atoms with Crippen molar-refractivity contribution >= 4 is 22.6 Å². The molecule has 2 aromatic heterocycles. The summed E-state index contributed by atoms with van der Waals surface area (Å²) in [5, 5.41) is 13.5. The number of rotatable bonds is 6. The van der Waals surface area contributed by atoms with Gasteiger partial charge in [-0.1, -0.05) is 11.6 Å². The second-order valence-corrected chi connectivity index (χ2v) is 6.60. The van der Waals surface area contributed by atoms with Gasteiger partial charge in [0.2, 0.25) is 0 Å². The van der Waals surface area contributed by atoms with E-state index in [2.05, 4.69) is 27.0 Å². The third-order valence-corrected chi connectivity index (χ3v) is 4.55. The summed E-state index contributed by atoms with van der Waals surface area (Å²) in [5.41, 5.74) is 0.868. The quantitative estimate of drug-likeness (QED) is 0.744. The molecule has 1 aliphatic rings. The number of hydrogen-bond donors (Lipinski definition) is 1. The average Bonchev–Trinajstić information content (AvgIpc) is 3.12. The highest BCUT2D eigenvalue weighted by molar-refractivity contribution is 6.31. The van der Waals surface area contributed by atoms with E-state index in [1.165, 1.54) is 12.8 Å². The van der Waals surface area contributed by atoms with Gasteiger partial charge in [-0.15, -0.1) is 10.2 Å². The summed E-state index contributed by atoms with van der Waals surface area (Å²) in [6.45, 7) is 3.82. The van der Waals surface area contributed by atoms with E-state index in [0.29, 0.717) is 5.92 Å². The molecule has 1 N–H and O–H groups in total. The van der Waals surface area contributed by atoms with Crippen molar-refractivity contribution in [1.29, 1.82) is 0 Å². The predicted octanol–water partition coefficient (Wildman–Crippen LogP) is 3.91. The molecule has 0 spiro atoms. The van der Waals surface area contributed by atoms with Gasteiger partial charge in [0, 0.05) is 29.4 Å². The Morgan fingerprint density at radius 2 is 2.26 bits per heavy atom. The van der Waals surface area contributed by atoms with E-state index in [1.807, 2.05) is 30.6 Å². The molecule has 0 bridgehead atoms. The maximum absolute atomic E-state index is 6.02. The molecule has 120 valence electrons. The Morgan fingerprint density at radius 1 is 1.39 bits per heavy atom. The van der Waals surface area contributed by atoms with Crippen LogP contribution in [0.1, 0.15) is 43.3 Å². The lowest BCUT2D eigenvalue weighted by atomic mass is 10.2. The Morgan fingerprint density at radius 3 is 3.09 bits per heavy atom. The maximum atomic E-state index is 6.02. The van der Waals surface area contributed by atoms with Gasteiger partial charge in [-0.2, -0.15) is 0 Å². The fourth-order valence-electron chi connectivity index (χ4n) is 2.84. The molecule has 6 heteroatoms. The third-order valence-electron chi connectivity index (χ3n) is 4.32. The zero-order chi connectivity index (χ0) is 15.8. The number of halogens is 1. The van der Waals surface area contributed by atoms with Crippen LogP contribution in [0.5, 0.6) is 0 Å². The molecule has 1 fully saturated rings. The summed E-state index contributed by atoms with van der Waals surface area (Å²) in [6, 6.07) is 7.87. The monoisotopic (exact) mass is 330 g/mol. The molecule has 1 saturated carbocycles. The van der Waals surface area contributed by atoms with Crippen molar-refractivity contribution in [3.63, 3.8) is 0 Å². The molecule has 1 unspecified atom stereocenters. The van der Waals surface area contributed by atoms with Crippen LogP contribution in [0.15, 0.2) is 35.0 Å². The molecule has 0 radical (unpaired) electrons. The molecule has 1 aliphatic carbocycles. The van der Waals surface area contributed by atoms with E-state index in [4.69, 9.17) is 16.0 Å². The number of furan rings is 1. The van der Waals surface area contributed by atoms with Gasteiger partial charge in [-0.25, -0.2) is 0 Å². The maximum Gasteiger partial charge on any atom is 0.135 e. The van der Waals surface area contributed by atoms with Crippen LogP contribution in [0.4, 0.5) is 0 Å². The van der Waals surface area contributed by atoms with E-state index in [1.54, 1.807) is 0 Å². The van der Waals surface area contributed by atoms with Gasteiger partial charge < -0.3 is 14.3 Å². The zero-order valence-electron chi connectivity index (χ0n) is 13.0. The first kappa shape index (κ1) is 14.7. The molecule has 1 aromatic carbocycles. The normalized spacial score (nSPS) is 16.1. The Balaban J connectivity index is 1.38. The second-order valence-electron chi connectivity index (χ2n) is 6.16. The number of nitrogens with one attached hydrogen (secondary N) is 1. The molecular weight excluding hydrogens is 312 g/mol. The Hall–Kier alpha value is -1.85. The third kappa shape index (κ3) is 3.12. The standard InChI is InChI=1S/C17H19ClN4O/c1-11(16-9-13-8-14(18)4-5-15(13)23-16)19-6-7-22-10-20-21-17(22)12-2-3-12/h4-5,8-12,19H,2-3,6-7H2,1H3. The van der Waals surface area contributed by atoms with E-state index >= 15 is 0 Å². The zero-order valence-corrected chi connectivity index (χ0v) is 13.8. The van der Waals surface area contributed by atoms with Crippen molar-refractivity contribution in [3.8, 4) is 0 Å². The second kappa shape index (κ2) is 5.98. The van der Waals surface area contributed by atoms with Gasteiger partial charge in [0.1, 0.15) is 23.5 Å². The topological polar surface area (TPSA) is 55.9 Å². The summed E-state index contributed by atoms with van der Waals surface area (Å²) >= 11 is 6.02. The van der Waals surface area contributed by atoms with E-state index in [0.717, 1.165) is 40.7 Å². The first-order valence-electron chi connectivity index (χ1n) is 8.01. The lowest BCUT2D eigenvalue weighted by Gasteiger charge is -2.12. The van der Waals surface area contributed by atoms with Crippen LogP contribution >= 0.6 is 11.6 Å². The summed E-state index contributed by atoms with van der Waals surface area (Å²) in [7, 11) is 0. The fourth-order valence-corrected chi connectivity index (χ4v) is 3.02. The van der Waals surface area contributed by atoms with Crippen LogP contribution in [-0.4, -0.2) is 21.3 Å². The number of aromatic nitrogens is 3. The lowest BCUT2D eigenvalue weighted by molar-refractivity contribution is 0.439. The Bertz CT molecular complexity index is 821. The number of fused-ring (bicyclic) bond motifs is 1. The summed E-state index contributed by atoms with van der Waals surface area (Å²) in [6.07, 6.45) is 4.30. The van der Waals surface area contributed by atoms with Crippen LogP contribution in [0.3, 0.4) is 0 Å². The first-order valence-corrected chi connectivity index (χ1v) is 8.38. The highest BCUT2D eigenvalue weighted by Crippen LogP contribution is 2.38. The minimum Gasteiger partial charge on any atom is -0.459 e. The number of benzene rings is 1. The molecule has 0 amide bonds. The van der Waals surface area contributed by atoms with Gasteiger partial charge in [0.25, 0.3) is 0 Å². The molecule has 0 aliphatic heterocycles. The van der Waals surface area contributed by atoms with Crippen LogP contribution in [-0.2, 0) is 6.54 Å². The van der Waals surface area contributed by atoms with Crippen LogP contribution in [0.2, 0.25) is 5.02 Å². The SMILES string of the molecule is CC(NCCn1cnnc1C1CC1)c1cc2cc(Cl)ccc2o1. The largest absolute Gasteiger partial charge is 0.459 e. The van der Waals surface area contributed by atoms with Gasteiger partial charge in [-0.3, -0.25) is 0 Å². The van der Waals surface area contributed by atoms with Gasteiger partial charge in [-0.05, 0) is 44.0 Å². The molecule has 4 rings (SSSR count). The molecule has 1 atom stereocenters. The fraction of sp³-hybridized carbons (Fsp3) is 0.412.